The van der Waals surface area contributed by atoms with Crippen molar-refractivity contribution in [2.24, 2.45) is 0 Å². The summed E-state index contributed by atoms with van der Waals surface area (Å²) in [7, 11) is -1.86. The molecule has 0 spiro atoms. The normalized spacial score (nSPS) is 10.9. The summed E-state index contributed by atoms with van der Waals surface area (Å²) < 4.78 is 27.5. The minimum atomic E-state index is -3.17. The lowest BCUT2D eigenvalue weighted by Crippen LogP contribution is -2.15. The fourth-order valence-electron chi connectivity index (χ4n) is 1.19. The van der Waals surface area contributed by atoms with Gasteiger partial charge in [-0.3, -0.25) is 4.79 Å². The molecule has 1 aromatic carbocycles. The van der Waals surface area contributed by atoms with Crippen LogP contribution in [0.3, 0.4) is 0 Å². The molecule has 0 aliphatic rings. The summed E-state index contributed by atoms with van der Waals surface area (Å²) in [5.41, 5.74) is 0.672. The van der Waals surface area contributed by atoms with E-state index in [1.165, 1.54) is 19.2 Å². The number of rotatable bonds is 5. The van der Waals surface area contributed by atoms with Gasteiger partial charge in [-0.2, -0.15) is 0 Å². The minimum Gasteiger partial charge on any atom is -0.468 e. The van der Waals surface area contributed by atoms with Crippen LogP contribution in [0, 0.1) is 0 Å². The molecule has 5 nitrogen and oxygen atoms in total. The lowest BCUT2D eigenvalue weighted by Gasteiger charge is -2.06. The van der Waals surface area contributed by atoms with E-state index in [1.54, 1.807) is 19.1 Å². The van der Waals surface area contributed by atoms with E-state index in [1.807, 2.05) is 0 Å². The predicted octanol–water partition coefficient (Wildman–Crippen LogP) is 1.07. The Hall–Kier alpha value is -1.56. The SMILES string of the molecule is CCS(=O)(=O)c1ccc(NCC(=O)OC)cc1. The standard InChI is InChI=1S/C11H15NO4S/c1-3-17(14,15)10-6-4-9(5-7-10)12-8-11(13)16-2/h4-7,12H,3,8H2,1-2H3. The van der Waals surface area contributed by atoms with Crippen molar-refractivity contribution < 1.29 is 17.9 Å². The fourth-order valence-corrected chi connectivity index (χ4v) is 2.08. The van der Waals surface area contributed by atoms with Crippen LogP contribution < -0.4 is 5.32 Å². The minimum absolute atomic E-state index is 0.0520. The molecule has 0 aliphatic carbocycles. The Bertz CT molecular complexity index is 479. The Labute approximate surface area is 101 Å². The van der Waals surface area contributed by atoms with Crippen molar-refractivity contribution in [2.75, 3.05) is 24.7 Å². The topological polar surface area (TPSA) is 72.5 Å². The Balaban J connectivity index is 2.72. The molecule has 0 radical (unpaired) electrons. The fraction of sp³-hybridized carbons (Fsp3) is 0.364. The number of sulfone groups is 1. The number of carbonyl (C=O) groups is 1. The number of hydrogen-bond acceptors (Lipinski definition) is 5. The Morgan fingerprint density at radius 1 is 1.29 bits per heavy atom. The second-order valence-corrected chi connectivity index (χ2v) is 5.64. The van der Waals surface area contributed by atoms with E-state index in [0.717, 1.165) is 0 Å². The highest BCUT2D eigenvalue weighted by atomic mass is 32.2. The number of esters is 1. The summed E-state index contributed by atoms with van der Waals surface area (Å²) in [6.07, 6.45) is 0. The van der Waals surface area contributed by atoms with E-state index in [4.69, 9.17) is 0 Å². The van der Waals surface area contributed by atoms with E-state index in [0.29, 0.717) is 5.69 Å². The van der Waals surface area contributed by atoms with E-state index in [2.05, 4.69) is 10.1 Å². The van der Waals surface area contributed by atoms with Crippen molar-refractivity contribution in [2.45, 2.75) is 11.8 Å². The van der Waals surface area contributed by atoms with Crippen LogP contribution >= 0.6 is 0 Å². The summed E-state index contributed by atoms with van der Waals surface area (Å²) >= 11 is 0. The first-order valence-electron chi connectivity index (χ1n) is 5.13. The monoisotopic (exact) mass is 257 g/mol. The molecule has 0 amide bonds. The zero-order valence-corrected chi connectivity index (χ0v) is 10.6. The Morgan fingerprint density at radius 3 is 2.35 bits per heavy atom. The van der Waals surface area contributed by atoms with Gasteiger partial charge >= 0.3 is 5.97 Å². The van der Waals surface area contributed by atoms with Crippen LogP contribution in [0.2, 0.25) is 0 Å². The van der Waals surface area contributed by atoms with Crippen molar-refractivity contribution in [1.82, 2.24) is 0 Å². The molecule has 6 heteroatoms. The van der Waals surface area contributed by atoms with E-state index in [9.17, 15) is 13.2 Å². The summed E-state index contributed by atoms with van der Waals surface area (Å²) in [5.74, 6) is -0.308. The zero-order valence-electron chi connectivity index (χ0n) is 9.76. The zero-order chi connectivity index (χ0) is 12.9. The summed E-state index contributed by atoms with van der Waals surface area (Å²) in [5, 5.41) is 2.82. The van der Waals surface area contributed by atoms with Gasteiger partial charge < -0.3 is 10.1 Å². The van der Waals surface area contributed by atoms with Crippen molar-refractivity contribution in [1.29, 1.82) is 0 Å². The van der Waals surface area contributed by atoms with Crippen LogP contribution in [-0.4, -0.2) is 33.8 Å². The first-order chi connectivity index (χ1) is 7.99. The second kappa shape index (κ2) is 5.67. The van der Waals surface area contributed by atoms with Crippen molar-refractivity contribution in [3.05, 3.63) is 24.3 Å². The lowest BCUT2D eigenvalue weighted by atomic mass is 10.3. The highest BCUT2D eigenvalue weighted by molar-refractivity contribution is 7.91. The lowest BCUT2D eigenvalue weighted by molar-refractivity contribution is -0.138. The largest absolute Gasteiger partial charge is 0.468 e. The molecule has 0 saturated heterocycles. The highest BCUT2D eigenvalue weighted by Gasteiger charge is 2.10. The molecule has 94 valence electrons. The third-order valence-electron chi connectivity index (χ3n) is 2.26. The van der Waals surface area contributed by atoms with Gasteiger partial charge in [0.05, 0.1) is 17.8 Å². The molecule has 0 atom stereocenters. The first-order valence-corrected chi connectivity index (χ1v) is 6.78. The maximum atomic E-state index is 11.5. The average Bonchev–Trinajstić information content (AvgIpc) is 2.36. The van der Waals surface area contributed by atoms with Gasteiger partial charge in [0.15, 0.2) is 9.84 Å². The number of methoxy groups -OCH3 is 1. The maximum Gasteiger partial charge on any atom is 0.325 e. The van der Waals surface area contributed by atoms with Gasteiger partial charge in [0.1, 0.15) is 6.54 Å². The summed E-state index contributed by atoms with van der Waals surface area (Å²) in [6, 6.07) is 6.26. The van der Waals surface area contributed by atoms with Gasteiger partial charge in [-0.25, -0.2) is 8.42 Å². The summed E-state index contributed by atoms with van der Waals surface area (Å²) in [6.45, 7) is 1.65. The summed E-state index contributed by atoms with van der Waals surface area (Å²) in [4.78, 5) is 11.2. The van der Waals surface area contributed by atoms with Gasteiger partial charge in [-0.1, -0.05) is 6.92 Å². The molecule has 17 heavy (non-hydrogen) atoms. The van der Waals surface area contributed by atoms with Gasteiger partial charge in [0, 0.05) is 5.69 Å². The van der Waals surface area contributed by atoms with Crippen LogP contribution in [0.25, 0.3) is 0 Å². The third kappa shape index (κ3) is 3.74. The molecular weight excluding hydrogens is 242 g/mol. The van der Waals surface area contributed by atoms with Gasteiger partial charge in [0.2, 0.25) is 0 Å². The van der Waals surface area contributed by atoms with Crippen LogP contribution in [0.5, 0.6) is 0 Å². The number of hydrogen-bond donors (Lipinski definition) is 1. The molecule has 1 aromatic rings. The third-order valence-corrected chi connectivity index (χ3v) is 4.01. The average molecular weight is 257 g/mol. The molecule has 0 bridgehead atoms. The quantitative estimate of drug-likeness (QED) is 0.799. The van der Waals surface area contributed by atoms with Crippen LogP contribution in [0.4, 0.5) is 5.69 Å². The molecule has 0 fully saturated rings. The van der Waals surface area contributed by atoms with Gasteiger partial charge in [-0.15, -0.1) is 0 Å². The molecule has 0 aromatic heterocycles. The van der Waals surface area contributed by atoms with Crippen molar-refractivity contribution in [3.8, 4) is 0 Å². The molecular formula is C11H15NO4S. The van der Waals surface area contributed by atoms with E-state index >= 15 is 0 Å². The number of anilines is 1. The molecule has 0 aliphatic heterocycles. The number of nitrogens with one attached hydrogen (secondary N) is 1. The molecule has 0 saturated carbocycles. The Kier molecular flexibility index (Phi) is 4.51. The van der Waals surface area contributed by atoms with Gasteiger partial charge in [-0.05, 0) is 24.3 Å². The maximum absolute atomic E-state index is 11.5. The predicted molar refractivity (Wildman–Crippen MR) is 64.7 cm³/mol. The molecule has 0 unspecified atom stereocenters. The van der Waals surface area contributed by atoms with Crippen molar-refractivity contribution >= 4 is 21.5 Å². The molecule has 0 heterocycles. The smallest absolute Gasteiger partial charge is 0.325 e. The van der Waals surface area contributed by atoms with E-state index in [-0.39, 0.29) is 23.2 Å². The Morgan fingerprint density at radius 2 is 1.88 bits per heavy atom. The number of ether oxygens (including phenoxy) is 1. The van der Waals surface area contributed by atoms with Crippen LogP contribution in [0.15, 0.2) is 29.2 Å². The van der Waals surface area contributed by atoms with Gasteiger partial charge in [0.25, 0.3) is 0 Å². The van der Waals surface area contributed by atoms with Crippen molar-refractivity contribution in [3.63, 3.8) is 0 Å². The van der Waals surface area contributed by atoms with E-state index < -0.39 is 9.84 Å². The highest BCUT2D eigenvalue weighted by Crippen LogP contribution is 2.14. The second-order valence-electron chi connectivity index (χ2n) is 3.36. The van der Waals surface area contributed by atoms with Crippen LogP contribution in [-0.2, 0) is 19.4 Å². The number of carbonyl (C=O) groups excluding carboxylic acids is 1. The molecule has 1 N–H and O–H groups in total. The molecule has 1 rings (SSSR count). The van der Waals surface area contributed by atoms with Crippen LogP contribution in [0.1, 0.15) is 6.92 Å². The number of benzene rings is 1. The first kappa shape index (κ1) is 13.5.